The molecule has 0 aromatic heterocycles. The van der Waals surface area contributed by atoms with E-state index >= 15 is 0 Å². The molecule has 3 rings (SSSR count). The Morgan fingerprint density at radius 3 is 2.47 bits per heavy atom. The number of benzene rings is 1. The van der Waals surface area contributed by atoms with Crippen molar-refractivity contribution < 1.29 is 9.47 Å². The van der Waals surface area contributed by atoms with Gasteiger partial charge in [-0.05, 0) is 25.6 Å². The van der Waals surface area contributed by atoms with Crippen LogP contribution in [-0.4, -0.2) is 37.3 Å². The molecule has 2 heterocycles. The van der Waals surface area contributed by atoms with Gasteiger partial charge >= 0.3 is 0 Å². The van der Waals surface area contributed by atoms with E-state index in [-0.39, 0.29) is 5.54 Å². The summed E-state index contributed by atoms with van der Waals surface area (Å²) in [4.78, 5) is 2.32. The standard InChI is InChI=1S/C13H16ClNO2.C2H6/c1-9-3-10-5-15(2)13(6-16-7-13)8-17-12(10)11(14)4-9;1-2/h3-4H,5-8H2,1-2H3;1-2H3. The monoisotopic (exact) mass is 283 g/mol. The number of hydrogen-bond donors (Lipinski definition) is 0. The molecule has 1 fully saturated rings. The maximum Gasteiger partial charge on any atom is 0.142 e. The van der Waals surface area contributed by atoms with Crippen molar-refractivity contribution in [2.45, 2.75) is 32.9 Å². The SMILES string of the molecule is CC.Cc1cc(Cl)c2c(c1)CN(C)C1(COC1)CO2. The second-order valence-electron chi connectivity index (χ2n) is 5.10. The van der Waals surface area contributed by atoms with Crippen molar-refractivity contribution in [1.29, 1.82) is 0 Å². The lowest BCUT2D eigenvalue weighted by molar-refractivity contribution is -0.147. The summed E-state index contributed by atoms with van der Waals surface area (Å²) < 4.78 is 11.2. The van der Waals surface area contributed by atoms with Crippen LogP contribution in [0, 0.1) is 6.92 Å². The molecule has 0 radical (unpaired) electrons. The summed E-state index contributed by atoms with van der Waals surface area (Å²) in [5.41, 5.74) is 2.38. The van der Waals surface area contributed by atoms with Crippen molar-refractivity contribution in [2.24, 2.45) is 0 Å². The number of hydrogen-bond acceptors (Lipinski definition) is 3. The number of nitrogens with zero attached hydrogens (tertiary/aromatic N) is 1. The fourth-order valence-electron chi connectivity index (χ4n) is 2.46. The number of ether oxygens (including phenoxy) is 2. The van der Waals surface area contributed by atoms with E-state index < -0.39 is 0 Å². The normalized spacial score (nSPS) is 20.5. The molecule has 2 aliphatic rings. The van der Waals surface area contributed by atoms with Gasteiger partial charge in [0.05, 0.1) is 18.2 Å². The third kappa shape index (κ3) is 2.60. The van der Waals surface area contributed by atoms with E-state index in [1.807, 2.05) is 19.9 Å². The molecule has 4 heteroatoms. The molecule has 3 nitrogen and oxygen atoms in total. The zero-order valence-electron chi connectivity index (χ0n) is 12.1. The molecule has 0 N–H and O–H groups in total. The first-order chi connectivity index (χ1) is 9.11. The van der Waals surface area contributed by atoms with E-state index in [0.717, 1.165) is 25.5 Å². The number of likely N-dealkylation sites (N-methyl/N-ethyl adjacent to an activating group) is 1. The van der Waals surface area contributed by atoms with Crippen molar-refractivity contribution in [3.8, 4) is 5.75 Å². The Morgan fingerprint density at radius 1 is 1.21 bits per heavy atom. The number of rotatable bonds is 0. The molecule has 2 aliphatic heterocycles. The first-order valence-electron chi connectivity index (χ1n) is 6.82. The first-order valence-corrected chi connectivity index (χ1v) is 7.19. The molecular formula is C15H22ClNO2. The first kappa shape index (κ1) is 14.6. The van der Waals surface area contributed by atoms with Gasteiger partial charge in [0.25, 0.3) is 0 Å². The molecule has 19 heavy (non-hydrogen) atoms. The lowest BCUT2D eigenvalue weighted by Crippen LogP contribution is -2.63. The van der Waals surface area contributed by atoms with E-state index in [9.17, 15) is 0 Å². The van der Waals surface area contributed by atoms with Crippen LogP contribution in [0.4, 0.5) is 0 Å². The molecule has 1 aromatic carbocycles. The van der Waals surface area contributed by atoms with E-state index in [4.69, 9.17) is 21.1 Å². The Labute approximate surface area is 120 Å². The van der Waals surface area contributed by atoms with Crippen molar-refractivity contribution in [2.75, 3.05) is 26.9 Å². The Morgan fingerprint density at radius 2 is 1.89 bits per heavy atom. The minimum Gasteiger partial charge on any atom is -0.490 e. The largest absolute Gasteiger partial charge is 0.490 e. The van der Waals surface area contributed by atoms with E-state index in [2.05, 4.69) is 24.9 Å². The summed E-state index contributed by atoms with van der Waals surface area (Å²) in [5, 5.41) is 0.714. The van der Waals surface area contributed by atoms with Crippen LogP contribution in [0.3, 0.4) is 0 Å². The average molecular weight is 284 g/mol. The minimum atomic E-state index is 0.0380. The minimum absolute atomic E-state index is 0.0380. The van der Waals surface area contributed by atoms with Crippen LogP contribution in [-0.2, 0) is 11.3 Å². The smallest absolute Gasteiger partial charge is 0.142 e. The van der Waals surface area contributed by atoms with Gasteiger partial charge in [0.1, 0.15) is 17.9 Å². The van der Waals surface area contributed by atoms with Crippen LogP contribution in [0.15, 0.2) is 12.1 Å². The van der Waals surface area contributed by atoms with Gasteiger partial charge in [0.15, 0.2) is 0 Å². The van der Waals surface area contributed by atoms with Gasteiger partial charge in [0.2, 0.25) is 0 Å². The Hall–Kier alpha value is -0.770. The van der Waals surface area contributed by atoms with Crippen LogP contribution in [0.5, 0.6) is 5.75 Å². The van der Waals surface area contributed by atoms with Crippen molar-refractivity contribution in [3.05, 3.63) is 28.3 Å². The van der Waals surface area contributed by atoms with Gasteiger partial charge in [-0.1, -0.05) is 31.5 Å². The van der Waals surface area contributed by atoms with Crippen molar-refractivity contribution >= 4 is 11.6 Å². The summed E-state index contributed by atoms with van der Waals surface area (Å²) in [6.07, 6.45) is 0. The molecule has 1 saturated heterocycles. The second-order valence-corrected chi connectivity index (χ2v) is 5.50. The van der Waals surface area contributed by atoms with Crippen LogP contribution < -0.4 is 4.74 Å². The second kappa shape index (κ2) is 5.70. The maximum absolute atomic E-state index is 6.25. The van der Waals surface area contributed by atoms with E-state index in [0.29, 0.717) is 11.6 Å². The van der Waals surface area contributed by atoms with Gasteiger partial charge in [0, 0.05) is 12.1 Å². The van der Waals surface area contributed by atoms with Crippen LogP contribution >= 0.6 is 11.6 Å². The molecule has 0 saturated carbocycles. The van der Waals surface area contributed by atoms with Crippen molar-refractivity contribution in [3.63, 3.8) is 0 Å². The topological polar surface area (TPSA) is 21.7 Å². The number of aryl methyl sites for hydroxylation is 1. The predicted molar refractivity (Wildman–Crippen MR) is 78.0 cm³/mol. The van der Waals surface area contributed by atoms with E-state index in [1.54, 1.807) is 0 Å². The number of halogens is 1. The maximum atomic E-state index is 6.25. The van der Waals surface area contributed by atoms with Gasteiger partial charge in [-0.25, -0.2) is 0 Å². The van der Waals surface area contributed by atoms with Gasteiger partial charge in [-0.2, -0.15) is 0 Å². The average Bonchev–Trinajstić information content (AvgIpc) is 2.47. The molecule has 106 valence electrons. The highest BCUT2D eigenvalue weighted by Crippen LogP contribution is 2.37. The molecule has 1 aromatic rings. The molecule has 1 spiro atoms. The molecule has 0 amide bonds. The highest BCUT2D eigenvalue weighted by atomic mass is 35.5. The molecule has 0 atom stereocenters. The molecule has 0 unspecified atom stereocenters. The van der Waals surface area contributed by atoms with Gasteiger partial charge in [-0.3, -0.25) is 4.90 Å². The van der Waals surface area contributed by atoms with Crippen LogP contribution in [0.25, 0.3) is 0 Å². The Bertz CT molecular complexity index is 458. The third-order valence-corrected chi connectivity index (χ3v) is 3.99. The Balaban J connectivity index is 0.000000637. The number of fused-ring (bicyclic) bond motifs is 1. The van der Waals surface area contributed by atoms with Crippen LogP contribution in [0.1, 0.15) is 25.0 Å². The lowest BCUT2D eigenvalue weighted by atomic mass is 9.96. The summed E-state index contributed by atoms with van der Waals surface area (Å²) in [7, 11) is 2.12. The quantitative estimate of drug-likeness (QED) is 0.729. The molecule has 0 aliphatic carbocycles. The fraction of sp³-hybridized carbons (Fsp3) is 0.600. The zero-order valence-corrected chi connectivity index (χ0v) is 12.9. The predicted octanol–water partition coefficient (Wildman–Crippen LogP) is 3.27. The molecular weight excluding hydrogens is 262 g/mol. The van der Waals surface area contributed by atoms with Gasteiger partial charge < -0.3 is 9.47 Å². The third-order valence-electron chi connectivity index (χ3n) is 3.71. The van der Waals surface area contributed by atoms with E-state index in [1.165, 1.54) is 11.1 Å². The lowest BCUT2D eigenvalue weighted by Gasteiger charge is -2.46. The summed E-state index contributed by atoms with van der Waals surface area (Å²) in [5.74, 6) is 0.841. The summed E-state index contributed by atoms with van der Waals surface area (Å²) >= 11 is 6.25. The Kier molecular flexibility index (Phi) is 4.39. The highest BCUT2D eigenvalue weighted by Gasteiger charge is 2.45. The zero-order chi connectivity index (χ0) is 14.0. The van der Waals surface area contributed by atoms with Crippen molar-refractivity contribution in [1.82, 2.24) is 4.90 Å². The summed E-state index contributed by atoms with van der Waals surface area (Å²) in [6.45, 7) is 9.06. The highest BCUT2D eigenvalue weighted by molar-refractivity contribution is 6.32. The van der Waals surface area contributed by atoms with Crippen LogP contribution in [0.2, 0.25) is 5.02 Å². The summed E-state index contributed by atoms with van der Waals surface area (Å²) in [6, 6.07) is 4.10. The molecule has 0 bridgehead atoms. The van der Waals surface area contributed by atoms with Gasteiger partial charge in [-0.15, -0.1) is 0 Å². The fourth-order valence-corrected chi connectivity index (χ4v) is 2.81.